The Bertz CT molecular complexity index is 454. The number of halogens is 1. The van der Waals surface area contributed by atoms with E-state index in [0.29, 0.717) is 0 Å². The molecule has 4 heteroatoms. The summed E-state index contributed by atoms with van der Waals surface area (Å²) in [6.45, 7) is 0. The fourth-order valence-corrected chi connectivity index (χ4v) is 2.20. The highest BCUT2D eigenvalue weighted by Crippen LogP contribution is 2.27. The molecule has 0 amide bonds. The zero-order chi connectivity index (χ0) is 11.4. The molecule has 16 heavy (non-hydrogen) atoms. The maximum atomic E-state index is 5.34. The number of methoxy groups -OCH3 is 1. The van der Waals surface area contributed by atoms with Crippen LogP contribution in [0, 0.1) is 0 Å². The second-order valence-electron chi connectivity index (χ2n) is 3.46. The molecule has 0 bridgehead atoms. The lowest BCUT2D eigenvalue weighted by Crippen LogP contribution is -1.97. The molecule has 3 nitrogen and oxygen atoms in total. The average Bonchev–Trinajstić information content (AvgIpc) is 2.80. The van der Waals surface area contributed by atoms with Gasteiger partial charge in [-0.3, -0.25) is 0 Å². The van der Waals surface area contributed by atoms with Crippen LogP contribution in [0.15, 0.2) is 35.1 Å². The highest BCUT2D eigenvalue weighted by atomic mass is 79.9. The molecule has 0 saturated heterocycles. The number of aromatic amines is 1. The van der Waals surface area contributed by atoms with E-state index < -0.39 is 0 Å². The van der Waals surface area contributed by atoms with E-state index >= 15 is 0 Å². The minimum absolute atomic E-state index is 0.881. The van der Waals surface area contributed by atoms with Gasteiger partial charge in [0, 0.05) is 28.9 Å². The Hall–Kier alpha value is -1.29. The summed E-state index contributed by atoms with van der Waals surface area (Å²) in [5.74, 6) is 1.92. The zero-order valence-corrected chi connectivity index (χ0v) is 10.6. The summed E-state index contributed by atoms with van der Waals surface area (Å²) in [5, 5.41) is 0. The van der Waals surface area contributed by atoms with Crippen molar-refractivity contribution in [3.8, 4) is 5.75 Å². The maximum absolute atomic E-state index is 5.34. The number of rotatable bonds is 4. The maximum Gasteiger partial charge on any atom is 0.123 e. The summed E-state index contributed by atoms with van der Waals surface area (Å²) < 4.78 is 6.42. The molecule has 0 aliphatic carbocycles. The minimum Gasteiger partial charge on any atom is -0.496 e. The van der Waals surface area contributed by atoms with Gasteiger partial charge in [-0.05, 0) is 18.6 Å². The van der Waals surface area contributed by atoms with E-state index in [1.807, 2.05) is 24.4 Å². The molecule has 0 atom stereocenters. The summed E-state index contributed by atoms with van der Waals surface area (Å²) in [6.07, 6.45) is 5.39. The number of H-pyrrole nitrogens is 1. The number of nitrogens with one attached hydrogen (secondary N) is 1. The van der Waals surface area contributed by atoms with Crippen molar-refractivity contribution >= 4 is 15.9 Å². The quantitative estimate of drug-likeness (QED) is 0.935. The number of aromatic nitrogens is 2. The first-order valence-electron chi connectivity index (χ1n) is 5.11. The van der Waals surface area contributed by atoms with Crippen molar-refractivity contribution in [1.29, 1.82) is 0 Å². The van der Waals surface area contributed by atoms with Crippen molar-refractivity contribution in [3.05, 3.63) is 46.5 Å². The van der Waals surface area contributed by atoms with Crippen molar-refractivity contribution in [1.82, 2.24) is 9.97 Å². The van der Waals surface area contributed by atoms with Crippen molar-refractivity contribution in [2.45, 2.75) is 12.8 Å². The van der Waals surface area contributed by atoms with Crippen LogP contribution in [0.3, 0.4) is 0 Å². The molecule has 1 aromatic heterocycles. The van der Waals surface area contributed by atoms with Gasteiger partial charge < -0.3 is 9.72 Å². The molecule has 1 aromatic carbocycles. The van der Waals surface area contributed by atoms with Crippen LogP contribution >= 0.6 is 15.9 Å². The smallest absolute Gasteiger partial charge is 0.123 e. The molecule has 1 heterocycles. The zero-order valence-electron chi connectivity index (χ0n) is 9.03. The summed E-state index contributed by atoms with van der Waals surface area (Å²) in [6, 6.07) is 5.97. The lowest BCUT2D eigenvalue weighted by molar-refractivity contribution is 0.409. The van der Waals surface area contributed by atoms with Gasteiger partial charge in [-0.25, -0.2) is 4.98 Å². The Morgan fingerprint density at radius 2 is 2.25 bits per heavy atom. The Kier molecular flexibility index (Phi) is 3.62. The molecular weight excluding hydrogens is 268 g/mol. The Morgan fingerprint density at radius 1 is 1.38 bits per heavy atom. The van der Waals surface area contributed by atoms with Crippen LogP contribution < -0.4 is 4.74 Å². The average molecular weight is 281 g/mol. The highest BCUT2D eigenvalue weighted by Gasteiger charge is 2.07. The number of aryl methyl sites for hydroxylation is 1. The van der Waals surface area contributed by atoms with Gasteiger partial charge in [-0.15, -0.1) is 0 Å². The Labute approximate surface area is 103 Å². The van der Waals surface area contributed by atoms with Gasteiger partial charge >= 0.3 is 0 Å². The first kappa shape index (κ1) is 11.2. The van der Waals surface area contributed by atoms with Crippen LogP contribution in [0.1, 0.15) is 11.4 Å². The number of ether oxygens (including phenoxy) is 1. The molecule has 2 aromatic rings. The molecule has 0 aliphatic rings. The van der Waals surface area contributed by atoms with E-state index in [2.05, 4.69) is 25.9 Å². The second kappa shape index (κ2) is 5.16. The topological polar surface area (TPSA) is 37.9 Å². The molecule has 0 aliphatic heterocycles. The van der Waals surface area contributed by atoms with Gasteiger partial charge in [-0.2, -0.15) is 0 Å². The highest BCUT2D eigenvalue weighted by molar-refractivity contribution is 9.10. The van der Waals surface area contributed by atoms with Crippen LogP contribution in [0.5, 0.6) is 5.75 Å². The third-order valence-electron chi connectivity index (χ3n) is 2.46. The van der Waals surface area contributed by atoms with Crippen molar-refractivity contribution in [2.24, 2.45) is 0 Å². The molecule has 0 saturated carbocycles. The van der Waals surface area contributed by atoms with E-state index in [1.54, 1.807) is 13.3 Å². The monoisotopic (exact) mass is 280 g/mol. The lowest BCUT2D eigenvalue weighted by Gasteiger charge is -2.09. The van der Waals surface area contributed by atoms with Crippen LogP contribution in [-0.2, 0) is 12.8 Å². The first-order chi connectivity index (χ1) is 7.81. The minimum atomic E-state index is 0.881. The lowest BCUT2D eigenvalue weighted by atomic mass is 10.1. The fourth-order valence-electron chi connectivity index (χ4n) is 1.65. The largest absolute Gasteiger partial charge is 0.496 e. The van der Waals surface area contributed by atoms with Crippen molar-refractivity contribution in [2.75, 3.05) is 7.11 Å². The van der Waals surface area contributed by atoms with Crippen LogP contribution in [0.25, 0.3) is 0 Å². The molecule has 0 unspecified atom stereocenters. The number of hydrogen-bond acceptors (Lipinski definition) is 2. The molecule has 0 spiro atoms. The van der Waals surface area contributed by atoms with Crippen molar-refractivity contribution in [3.63, 3.8) is 0 Å². The van der Waals surface area contributed by atoms with Gasteiger partial charge in [0.05, 0.1) is 7.11 Å². The van der Waals surface area contributed by atoms with E-state index in [9.17, 15) is 0 Å². The number of hydrogen-bond donors (Lipinski definition) is 1. The third kappa shape index (κ3) is 2.44. The van der Waals surface area contributed by atoms with E-state index in [0.717, 1.165) is 28.9 Å². The number of benzene rings is 1. The second-order valence-corrected chi connectivity index (χ2v) is 4.31. The van der Waals surface area contributed by atoms with Crippen LogP contribution in [0.4, 0.5) is 0 Å². The summed E-state index contributed by atoms with van der Waals surface area (Å²) in [7, 11) is 1.69. The summed E-state index contributed by atoms with van der Waals surface area (Å²) >= 11 is 3.54. The van der Waals surface area contributed by atoms with Crippen LogP contribution in [0.2, 0.25) is 0 Å². The standard InChI is InChI=1S/C12H13BrN2O/c1-16-11-4-2-3-10(13)9(11)5-6-12-14-7-8-15-12/h2-4,7-8H,5-6H2,1H3,(H,14,15). The predicted octanol–water partition coefficient (Wildman–Crippen LogP) is 2.97. The summed E-state index contributed by atoms with van der Waals surface area (Å²) in [5.41, 5.74) is 1.18. The van der Waals surface area contributed by atoms with Crippen LogP contribution in [-0.4, -0.2) is 17.1 Å². The fraction of sp³-hybridized carbons (Fsp3) is 0.250. The van der Waals surface area contributed by atoms with Gasteiger partial charge in [0.25, 0.3) is 0 Å². The molecule has 2 rings (SSSR count). The van der Waals surface area contributed by atoms with Gasteiger partial charge in [0.1, 0.15) is 11.6 Å². The summed E-state index contributed by atoms with van der Waals surface area (Å²) in [4.78, 5) is 7.30. The first-order valence-corrected chi connectivity index (χ1v) is 5.90. The Balaban J connectivity index is 2.14. The predicted molar refractivity (Wildman–Crippen MR) is 66.7 cm³/mol. The number of nitrogens with zero attached hydrogens (tertiary/aromatic N) is 1. The molecule has 1 N–H and O–H groups in total. The van der Waals surface area contributed by atoms with E-state index in [-0.39, 0.29) is 0 Å². The van der Waals surface area contributed by atoms with Gasteiger partial charge in [0.2, 0.25) is 0 Å². The van der Waals surface area contributed by atoms with Gasteiger partial charge in [0.15, 0.2) is 0 Å². The molecular formula is C12H13BrN2O. The molecule has 0 radical (unpaired) electrons. The number of imidazole rings is 1. The van der Waals surface area contributed by atoms with E-state index in [1.165, 1.54) is 5.56 Å². The van der Waals surface area contributed by atoms with Crippen molar-refractivity contribution < 1.29 is 4.74 Å². The third-order valence-corrected chi connectivity index (χ3v) is 3.21. The van der Waals surface area contributed by atoms with Gasteiger partial charge in [-0.1, -0.05) is 22.0 Å². The molecule has 0 fully saturated rings. The van der Waals surface area contributed by atoms with E-state index in [4.69, 9.17) is 4.74 Å². The normalized spacial score (nSPS) is 10.4. The SMILES string of the molecule is COc1cccc(Br)c1CCc1ncc[nH]1. The molecule has 84 valence electrons. The Morgan fingerprint density at radius 3 is 2.94 bits per heavy atom.